The summed E-state index contributed by atoms with van der Waals surface area (Å²) in [7, 11) is 0. The molecule has 1 fully saturated rings. The van der Waals surface area contributed by atoms with Crippen LogP contribution in [0.25, 0.3) is 0 Å². The van der Waals surface area contributed by atoms with Gasteiger partial charge in [-0.15, -0.1) is 0 Å². The number of rotatable bonds is 4. The smallest absolute Gasteiger partial charge is 0.0917 e. The maximum absolute atomic E-state index is 10.2. The second-order valence-corrected chi connectivity index (χ2v) is 5.56. The minimum absolute atomic E-state index is 0.221. The summed E-state index contributed by atoms with van der Waals surface area (Å²) in [4.78, 5) is 2.26. The molecule has 1 aliphatic heterocycles. The number of benzene rings is 1. The van der Waals surface area contributed by atoms with Gasteiger partial charge in [-0.1, -0.05) is 12.1 Å². The highest BCUT2D eigenvalue weighted by atomic mass is 16.3. The number of anilines is 1. The molecule has 0 aliphatic carbocycles. The van der Waals surface area contributed by atoms with Crippen LogP contribution in [0.2, 0.25) is 0 Å². The van der Waals surface area contributed by atoms with Crippen molar-refractivity contribution in [3.05, 3.63) is 29.8 Å². The number of aliphatic hydroxyl groups excluding tert-OH is 2. The Hall–Kier alpha value is -1.10. The minimum Gasteiger partial charge on any atom is -0.399 e. The number of nitrogens with zero attached hydrogens (tertiary/aromatic N) is 1. The fourth-order valence-electron chi connectivity index (χ4n) is 2.73. The van der Waals surface area contributed by atoms with Gasteiger partial charge < -0.3 is 20.8 Å². The van der Waals surface area contributed by atoms with E-state index in [-0.39, 0.29) is 6.10 Å². The monoisotopic (exact) mass is 264 g/mol. The Morgan fingerprint density at radius 3 is 2.58 bits per heavy atom. The van der Waals surface area contributed by atoms with Gasteiger partial charge in [-0.3, -0.25) is 0 Å². The SMILES string of the molecule is CC(O)C1CCN(CC(O)c2cccc(N)c2)CC1. The molecule has 1 aliphatic rings. The molecule has 4 heteroatoms. The molecule has 1 aromatic rings. The van der Waals surface area contributed by atoms with Crippen molar-refractivity contribution in [2.24, 2.45) is 5.92 Å². The first-order valence-corrected chi connectivity index (χ1v) is 7.00. The van der Waals surface area contributed by atoms with Gasteiger partial charge in [0.15, 0.2) is 0 Å². The molecule has 1 heterocycles. The Bertz CT molecular complexity index is 401. The molecule has 1 saturated heterocycles. The number of aliphatic hydroxyl groups is 2. The predicted molar refractivity (Wildman–Crippen MR) is 76.7 cm³/mol. The molecule has 0 radical (unpaired) electrons. The molecule has 4 nitrogen and oxygen atoms in total. The lowest BCUT2D eigenvalue weighted by molar-refractivity contribution is 0.0485. The average molecular weight is 264 g/mol. The molecule has 106 valence electrons. The molecule has 4 N–H and O–H groups in total. The third kappa shape index (κ3) is 3.93. The Balaban J connectivity index is 1.85. The van der Waals surface area contributed by atoms with Gasteiger partial charge in [-0.2, -0.15) is 0 Å². The van der Waals surface area contributed by atoms with Crippen molar-refractivity contribution in [2.45, 2.75) is 32.0 Å². The maximum Gasteiger partial charge on any atom is 0.0917 e. The van der Waals surface area contributed by atoms with Gasteiger partial charge in [0, 0.05) is 12.2 Å². The number of hydrogen-bond donors (Lipinski definition) is 3. The Morgan fingerprint density at radius 2 is 2.00 bits per heavy atom. The Kier molecular flexibility index (Phi) is 4.80. The largest absolute Gasteiger partial charge is 0.399 e. The highest BCUT2D eigenvalue weighted by Crippen LogP contribution is 2.23. The van der Waals surface area contributed by atoms with E-state index in [1.807, 2.05) is 31.2 Å². The van der Waals surface area contributed by atoms with E-state index in [1.54, 1.807) is 0 Å². The topological polar surface area (TPSA) is 69.7 Å². The Morgan fingerprint density at radius 1 is 1.32 bits per heavy atom. The molecule has 2 rings (SSSR count). The van der Waals surface area contributed by atoms with Crippen molar-refractivity contribution in [3.63, 3.8) is 0 Å². The van der Waals surface area contributed by atoms with E-state index in [0.717, 1.165) is 31.5 Å². The molecular formula is C15H24N2O2. The fraction of sp³-hybridized carbons (Fsp3) is 0.600. The molecule has 0 amide bonds. The normalized spacial score (nSPS) is 21.2. The molecular weight excluding hydrogens is 240 g/mol. The number of likely N-dealkylation sites (tertiary alicyclic amines) is 1. The molecule has 0 bridgehead atoms. The van der Waals surface area contributed by atoms with E-state index in [0.29, 0.717) is 18.2 Å². The van der Waals surface area contributed by atoms with E-state index in [2.05, 4.69) is 4.90 Å². The zero-order valence-electron chi connectivity index (χ0n) is 11.5. The molecule has 0 spiro atoms. The average Bonchev–Trinajstić information content (AvgIpc) is 2.39. The van der Waals surface area contributed by atoms with Crippen LogP contribution in [-0.2, 0) is 0 Å². The summed E-state index contributed by atoms with van der Waals surface area (Å²) >= 11 is 0. The standard InChI is InChI=1S/C15H24N2O2/c1-11(18)12-5-7-17(8-6-12)10-15(19)13-3-2-4-14(16)9-13/h2-4,9,11-12,15,18-19H,5-8,10,16H2,1H3. The van der Waals surface area contributed by atoms with Crippen molar-refractivity contribution in [2.75, 3.05) is 25.4 Å². The summed E-state index contributed by atoms with van der Waals surface area (Å²) in [6.45, 7) is 4.38. The third-order valence-electron chi connectivity index (χ3n) is 4.04. The zero-order chi connectivity index (χ0) is 13.8. The molecule has 0 saturated carbocycles. The van der Waals surface area contributed by atoms with E-state index in [1.165, 1.54) is 0 Å². The van der Waals surface area contributed by atoms with Crippen LogP contribution in [-0.4, -0.2) is 40.9 Å². The summed E-state index contributed by atoms with van der Waals surface area (Å²) in [5, 5.41) is 19.8. The number of β-amino-alcohol motifs (C(OH)–C–C–N with tert-alkyl or cyclic N) is 1. The molecule has 2 unspecified atom stereocenters. The summed E-state index contributed by atoms with van der Waals surface area (Å²) < 4.78 is 0. The van der Waals surface area contributed by atoms with E-state index < -0.39 is 6.10 Å². The van der Waals surface area contributed by atoms with Gasteiger partial charge in [0.1, 0.15) is 0 Å². The van der Waals surface area contributed by atoms with Crippen molar-refractivity contribution in [3.8, 4) is 0 Å². The Labute approximate surface area is 114 Å². The lowest BCUT2D eigenvalue weighted by atomic mass is 9.92. The predicted octanol–water partition coefficient (Wildman–Crippen LogP) is 1.40. The van der Waals surface area contributed by atoms with Gasteiger partial charge in [0.05, 0.1) is 12.2 Å². The molecule has 19 heavy (non-hydrogen) atoms. The second-order valence-electron chi connectivity index (χ2n) is 5.56. The number of piperidine rings is 1. The molecule has 2 atom stereocenters. The van der Waals surface area contributed by atoms with Crippen molar-refractivity contribution in [1.29, 1.82) is 0 Å². The number of nitrogen functional groups attached to an aromatic ring is 1. The molecule has 1 aromatic carbocycles. The van der Waals surface area contributed by atoms with Crippen molar-refractivity contribution >= 4 is 5.69 Å². The zero-order valence-corrected chi connectivity index (χ0v) is 11.5. The van der Waals surface area contributed by atoms with Crippen LogP contribution >= 0.6 is 0 Å². The van der Waals surface area contributed by atoms with Crippen LogP contribution in [0.4, 0.5) is 5.69 Å². The van der Waals surface area contributed by atoms with Crippen LogP contribution in [0.1, 0.15) is 31.4 Å². The highest BCUT2D eigenvalue weighted by molar-refractivity contribution is 5.41. The fourth-order valence-corrected chi connectivity index (χ4v) is 2.73. The first kappa shape index (κ1) is 14.3. The van der Waals surface area contributed by atoms with Crippen molar-refractivity contribution in [1.82, 2.24) is 4.90 Å². The highest BCUT2D eigenvalue weighted by Gasteiger charge is 2.24. The van der Waals surface area contributed by atoms with Crippen LogP contribution in [0, 0.1) is 5.92 Å². The van der Waals surface area contributed by atoms with Gasteiger partial charge in [0.2, 0.25) is 0 Å². The van der Waals surface area contributed by atoms with E-state index in [9.17, 15) is 10.2 Å². The summed E-state index contributed by atoms with van der Waals surface area (Å²) in [6.07, 6.45) is 1.29. The minimum atomic E-state index is -0.494. The maximum atomic E-state index is 10.2. The lowest BCUT2D eigenvalue weighted by Gasteiger charge is -2.34. The van der Waals surface area contributed by atoms with Crippen LogP contribution in [0.3, 0.4) is 0 Å². The van der Waals surface area contributed by atoms with Gasteiger partial charge >= 0.3 is 0 Å². The molecule has 0 aromatic heterocycles. The summed E-state index contributed by atoms with van der Waals surface area (Å²) in [6, 6.07) is 7.43. The number of nitrogens with two attached hydrogens (primary N) is 1. The van der Waals surface area contributed by atoms with E-state index in [4.69, 9.17) is 5.73 Å². The van der Waals surface area contributed by atoms with Crippen LogP contribution in [0.15, 0.2) is 24.3 Å². The quantitative estimate of drug-likeness (QED) is 0.719. The second kappa shape index (κ2) is 6.37. The van der Waals surface area contributed by atoms with Crippen molar-refractivity contribution < 1.29 is 10.2 Å². The van der Waals surface area contributed by atoms with Crippen LogP contribution < -0.4 is 5.73 Å². The first-order chi connectivity index (χ1) is 9.06. The first-order valence-electron chi connectivity index (χ1n) is 7.00. The number of hydrogen-bond acceptors (Lipinski definition) is 4. The van der Waals surface area contributed by atoms with Gasteiger partial charge in [0.25, 0.3) is 0 Å². The lowest BCUT2D eigenvalue weighted by Crippen LogP contribution is -2.39. The third-order valence-corrected chi connectivity index (χ3v) is 4.04. The van der Waals surface area contributed by atoms with Gasteiger partial charge in [-0.05, 0) is 56.5 Å². The van der Waals surface area contributed by atoms with Gasteiger partial charge in [-0.25, -0.2) is 0 Å². The summed E-state index contributed by atoms with van der Waals surface area (Å²) in [5.74, 6) is 0.403. The summed E-state index contributed by atoms with van der Waals surface area (Å²) in [5.41, 5.74) is 7.29. The van der Waals surface area contributed by atoms with Crippen LogP contribution in [0.5, 0.6) is 0 Å². The van der Waals surface area contributed by atoms with E-state index >= 15 is 0 Å².